The molecule has 0 saturated heterocycles. The lowest BCUT2D eigenvalue weighted by Gasteiger charge is -2.23. The number of carbonyl (C=O) groups excluding carboxylic acids is 1. The Morgan fingerprint density at radius 1 is 1.00 bits per heavy atom. The first kappa shape index (κ1) is 18.5. The molecule has 0 bridgehead atoms. The number of hydrogen-bond acceptors (Lipinski definition) is 5. The normalized spacial score (nSPS) is 12.3. The van der Waals surface area contributed by atoms with Crippen molar-refractivity contribution in [3.63, 3.8) is 0 Å². The van der Waals surface area contributed by atoms with Crippen LogP contribution in [0.25, 0.3) is 32.4 Å². The zero-order chi connectivity index (χ0) is 20.7. The number of fused-ring (bicyclic) bond motifs is 2. The highest BCUT2D eigenvalue weighted by Crippen LogP contribution is 2.32. The maximum absolute atomic E-state index is 13.2. The Bertz CT molecular complexity index is 1320. The third-order valence-corrected chi connectivity index (χ3v) is 6.54. The van der Waals surface area contributed by atoms with E-state index < -0.39 is 0 Å². The zero-order valence-electron chi connectivity index (χ0n) is 16.6. The fourth-order valence-electron chi connectivity index (χ4n) is 3.49. The molecule has 2 heterocycles. The highest BCUT2D eigenvalue weighted by atomic mass is 32.1. The fraction of sp³-hybridized carbons (Fsp3) is 0.125. The first-order chi connectivity index (χ1) is 14.6. The highest BCUT2D eigenvalue weighted by molar-refractivity contribution is 7.18. The van der Waals surface area contributed by atoms with Crippen molar-refractivity contribution in [1.82, 2.24) is 15.0 Å². The van der Waals surface area contributed by atoms with Gasteiger partial charge in [-0.15, -0.1) is 11.3 Å². The predicted molar refractivity (Wildman–Crippen MR) is 120 cm³/mol. The van der Waals surface area contributed by atoms with Crippen LogP contribution in [0, 0.1) is 0 Å². The molecule has 0 spiro atoms. The Balaban J connectivity index is 1.47. The van der Waals surface area contributed by atoms with Gasteiger partial charge >= 0.3 is 0 Å². The minimum absolute atomic E-state index is 0.0659. The molecule has 0 aliphatic rings. The molecule has 0 radical (unpaired) electrons. The van der Waals surface area contributed by atoms with E-state index in [0.717, 1.165) is 31.7 Å². The Morgan fingerprint density at radius 3 is 2.57 bits per heavy atom. The van der Waals surface area contributed by atoms with Gasteiger partial charge in [0.25, 0.3) is 5.91 Å². The van der Waals surface area contributed by atoms with Crippen LogP contribution in [0.4, 0.5) is 0 Å². The maximum Gasteiger partial charge on any atom is 0.254 e. The highest BCUT2D eigenvalue weighted by Gasteiger charge is 2.23. The van der Waals surface area contributed by atoms with Crippen molar-refractivity contribution in [2.45, 2.75) is 13.0 Å². The van der Waals surface area contributed by atoms with Crippen LogP contribution >= 0.6 is 11.3 Å². The smallest absolute Gasteiger partial charge is 0.254 e. The molecule has 2 aromatic heterocycles. The number of thiazole rings is 1. The molecule has 0 aliphatic heterocycles. The third-order valence-electron chi connectivity index (χ3n) is 5.33. The van der Waals surface area contributed by atoms with Gasteiger partial charge in [0.15, 0.2) is 5.76 Å². The van der Waals surface area contributed by atoms with Crippen molar-refractivity contribution in [2.24, 2.45) is 0 Å². The first-order valence-electron chi connectivity index (χ1n) is 9.69. The van der Waals surface area contributed by atoms with Gasteiger partial charge in [0.2, 0.25) is 0 Å². The summed E-state index contributed by atoms with van der Waals surface area (Å²) >= 11 is 1.62. The molecule has 1 atom stereocenters. The monoisotopic (exact) mass is 413 g/mol. The summed E-state index contributed by atoms with van der Waals surface area (Å²) in [6.07, 6.45) is 0. The molecule has 0 fully saturated rings. The molecular formula is C24H19N3O2S. The van der Waals surface area contributed by atoms with Crippen LogP contribution in [0.5, 0.6) is 0 Å². The second-order valence-corrected chi connectivity index (χ2v) is 8.28. The Morgan fingerprint density at radius 2 is 1.77 bits per heavy atom. The molecule has 0 aliphatic carbocycles. The Labute approximate surface area is 177 Å². The number of amides is 1. The van der Waals surface area contributed by atoms with Crippen LogP contribution in [0.1, 0.15) is 28.3 Å². The number of carbonyl (C=O) groups is 1. The molecule has 1 amide bonds. The van der Waals surface area contributed by atoms with E-state index in [-0.39, 0.29) is 11.9 Å². The molecule has 0 unspecified atom stereocenters. The van der Waals surface area contributed by atoms with E-state index in [2.05, 4.69) is 11.2 Å². The molecule has 5 rings (SSSR count). The number of nitrogens with zero attached hydrogens (tertiary/aromatic N) is 3. The zero-order valence-corrected chi connectivity index (χ0v) is 17.4. The van der Waals surface area contributed by atoms with Crippen molar-refractivity contribution in [1.29, 1.82) is 0 Å². The molecule has 6 heteroatoms. The van der Waals surface area contributed by atoms with Crippen molar-refractivity contribution >= 4 is 38.4 Å². The van der Waals surface area contributed by atoms with Crippen LogP contribution < -0.4 is 0 Å². The second kappa shape index (κ2) is 7.39. The number of benzene rings is 3. The minimum atomic E-state index is -0.137. The summed E-state index contributed by atoms with van der Waals surface area (Å²) in [7, 11) is 1.81. The summed E-state index contributed by atoms with van der Waals surface area (Å²) in [6, 6.07) is 23.2. The lowest BCUT2D eigenvalue weighted by atomic mass is 10.1. The van der Waals surface area contributed by atoms with Crippen LogP contribution in [0.2, 0.25) is 0 Å². The van der Waals surface area contributed by atoms with E-state index in [0.29, 0.717) is 11.3 Å². The predicted octanol–water partition coefficient (Wildman–Crippen LogP) is 5.94. The molecule has 148 valence electrons. The summed E-state index contributed by atoms with van der Waals surface area (Å²) in [6.45, 7) is 2.00. The van der Waals surface area contributed by atoms with Crippen molar-refractivity contribution in [3.05, 3.63) is 83.4 Å². The lowest BCUT2D eigenvalue weighted by Crippen LogP contribution is -2.29. The SMILES string of the molecule is C[C@@H](c1nc2ccccc2s1)N(C)C(=O)c1ccc2noc(-c3ccccc3)c2c1. The summed E-state index contributed by atoms with van der Waals surface area (Å²) in [5.74, 6) is 0.603. The van der Waals surface area contributed by atoms with Gasteiger partial charge in [-0.2, -0.15) is 0 Å². The quantitative estimate of drug-likeness (QED) is 0.366. The van der Waals surface area contributed by atoms with Crippen molar-refractivity contribution in [3.8, 4) is 11.3 Å². The van der Waals surface area contributed by atoms with Crippen LogP contribution in [0.15, 0.2) is 77.3 Å². The van der Waals surface area contributed by atoms with Gasteiger partial charge in [-0.05, 0) is 37.3 Å². The van der Waals surface area contributed by atoms with E-state index >= 15 is 0 Å². The number of aromatic nitrogens is 2. The second-order valence-electron chi connectivity index (χ2n) is 7.22. The molecule has 30 heavy (non-hydrogen) atoms. The van der Waals surface area contributed by atoms with Gasteiger partial charge in [-0.1, -0.05) is 47.6 Å². The van der Waals surface area contributed by atoms with Gasteiger partial charge < -0.3 is 9.42 Å². The molecule has 3 aromatic carbocycles. The average molecular weight is 414 g/mol. The molecule has 0 N–H and O–H groups in total. The number of rotatable bonds is 4. The standard InChI is InChI=1S/C24H19N3O2S/c1-15(23-25-20-10-6-7-11-21(20)30-23)27(2)24(28)17-12-13-19-18(14-17)22(29-26-19)16-8-4-3-5-9-16/h3-15H,1-2H3/t15-/m0/s1. The Hall–Kier alpha value is -3.51. The lowest BCUT2D eigenvalue weighted by molar-refractivity contribution is 0.0742. The first-order valence-corrected chi connectivity index (χ1v) is 10.5. The van der Waals surface area contributed by atoms with Gasteiger partial charge in [-0.25, -0.2) is 4.98 Å². The molecule has 5 nitrogen and oxygen atoms in total. The molecular weight excluding hydrogens is 394 g/mol. The summed E-state index contributed by atoms with van der Waals surface area (Å²) in [5, 5.41) is 5.89. The fourth-order valence-corrected chi connectivity index (χ4v) is 4.55. The van der Waals surface area contributed by atoms with Gasteiger partial charge in [-0.3, -0.25) is 4.79 Å². The maximum atomic E-state index is 13.2. The number of hydrogen-bond donors (Lipinski definition) is 0. The van der Waals surface area contributed by atoms with Crippen LogP contribution in [-0.2, 0) is 0 Å². The van der Waals surface area contributed by atoms with E-state index in [1.165, 1.54) is 0 Å². The Kier molecular flexibility index (Phi) is 4.56. The van der Waals surface area contributed by atoms with Gasteiger partial charge in [0.1, 0.15) is 10.5 Å². The van der Waals surface area contributed by atoms with Gasteiger partial charge in [0.05, 0.1) is 21.6 Å². The summed E-state index contributed by atoms with van der Waals surface area (Å²) < 4.78 is 6.69. The summed E-state index contributed by atoms with van der Waals surface area (Å²) in [4.78, 5) is 19.7. The van der Waals surface area contributed by atoms with E-state index in [9.17, 15) is 4.79 Å². The molecule has 5 aromatic rings. The summed E-state index contributed by atoms with van der Waals surface area (Å²) in [5.41, 5.74) is 3.22. The van der Waals surface area contributed by atoms with E-state index in [4.69, 9.17) is 9.51 Å². The van der Waals surface area contributed by atoms with E-state index in [1.807, 2.05) is 74.6 Å². The van der Waals surface area contributed by atoms with Crippen LogP contribution in [-0.4, -0.2) is 28.0 Å². The third kappa shape index (κ3) is 3.15. The van der Waals surface area contributed by atoms with Gasteiger partial charge in [0, 0.05) is 18.2 Å². The topological polar surface area (TPSA) is 59.2 Å². The van der Waals surface area contributed by atoms with E-state index in [1.54, 1.807) is 22.3 Å². The van der Waals surface area contributed by atoms with Crippen LogP contribution in [0.3, 0.4) is 0 Å². The number of para-hydroxylation sites is 1. The largest absolute Gasteiger partial charge is 0.355 e. The van der Waals surface area contributed by atoms with Crippen molar-refractivity contribution < 1.29 is 9.32 Å². The van der Waals surface area contributed by atoms with Crippen molar-refractivity contribution in [2.75, 3.05) is 7.05 Å². The minimum Gasteiger partial charge on any atom is -0.355 e. The average Bonchev–Trinajstić information content (AvgIpc) is 3.42. The molecule has 0 saturated carbocycles.